The Kier molecular flexibility index (Phi) is 3.37. The summed E-state index contributed by atoms with van der Waals surface area (Å²) in [4.78, 5) is 21.2. The number of rotatable bonds is 3. The van der Waals surface area contributed by atoms with Gasteiger partial charge in [-0.1, -0.05) is 12.8 Å². The quantitative estimate of drug-likeness (QED) is 0.807. The third-order valence-corrected chi connectivity index (χ3v) is 4.52. The summed E-state index contributed by atoms with van der Waals surface area (Å²) in [5.74, 6) is 0.868. The van der Waals surface area contributed by atoms with E-state index in [2.05, 4.69) is 15.3 Å². The molecular formula is C17H19N5O. The van der Waals surface area contributed by atoms with Gasteiger partial charge in [0, 0.05) is 19.3 Å². The predicted octanol–water partition coefficient (Wildman–Crippen LogP) is 2.47. The van der Waals surface area contributed by atoms with Gasteiger partial charge in [-0.2, -0.15) is 0 Å². The molecule has 3 aromatic heterocycles. The molecule has 1 aliphatic carbocycles. The highest BCUT2D eigenvalue weighted by Crippen LogP contribution is 2.21. The van der Waals surface area contributed by atoms with Crippen molar-refractivity contribution in [3.05, 3.63) is 47.3 Å². The van der Waals surface area contributed by atoms with Crippen LogP contribution in [0.15, 0.2) is 41.7 Å². The largest absolute Gasteiger partial charge is 0.367 e. The van der Waals surface area contributed by atoms with Gasteiger partial charge in [0.15, 0.2) is 5.52 Å². The van der Waals surface area contributed by atoms with Crippen LogP contribution >= 0.6 is 0 Å². The number of fused-ring (bicyclic) bond motifs is 1. The van der Waals surface area contributed by atoms with Gasteiger partial charge in [-0.25, -0.2) is 9.97 Å². The minimum atomic E-state index is -0.124. The second kappa shape index (κ2) is 5.53. The molecule has 118 valence electrons. The number of imidazole rings is 1. The fraction of sp³-hybridized carbons (Fsp3) is 0.353. The molecule has 1 N–H and O–H groups in total. The van der Waals surface area contributed by atoms with Gasteiger partial charge in [-0.3, -0.25) is 9.36 Å². The normalized spacial score (nSPS) is 15.3. The molecular weight excluding hydrogens is 290 g/mol. The van der Waals surface area contributed by atoms with Crippen LogP contribution in [0.2, 0.25) is 0 Å². The first-order valence-corrected chi connectivity index (χ1v) is 7.98. The van der Waals surface area contributed by atoms with Crippen molar-refractivity contribution in [1.29, 1.82) is 0 Å². The highest BCUT2D eigenvalue weighted by molar-refractivity contribution is 5.74. The van der Waals surface area contributed by atoms with Crippen molar-refractivity contribution in [1.82, 2.24) is 19.1 Å². The van der Waals surface area contributed by atoms with Crippen molar-refractivity contribution in [3.63, 3.8) is 0 Å². The number of nitrogens with one attached hydrogen (secondary N) is 1. The van der Waals surface area contributed by atoms with E-state index in [0.29, 0.717) is 11.6 Å². The zero-order valence-electron chi connectivity index (χ0n) is 13.1. The molecule has 3 aromatic rings. The van der Waals surface area contributed by atoms with Gasteiger partial charge in [0.25, 0.3) is 5.56 Å². The number of hydrogen-bond donors (Lipinski definition) is 1. The van der Waals surface area contributed by atoms with Crippen LogP contribution in [-0.2, 0) is 7.05 Å². The van der Waals surface area contributed by atoms with Crippen LogP contribution in [0, 0.1) is 0 Å². The molecule has 0 spiro atoms. The lowest BCUT2D eigenvalue weighted by Gasteiger charge is -2.13. The minimum Gasteiger partial charge on any atom is -0.367 e. The molecule has 6 nitrogen and oxygen atoms in total. The number of aromatic nitrogens is 4. The second-order valence-electron chi connectivity index (χ2n) is 6.11. The lowest BCUT2D eigenvalue weighted by atomic mass is 10.2. The molecule has 0 saturated heterocycles. The average molecular weight is 309 g/mol. The highest BCUT2D eigenvalue weighted by atomic mass is 16.1. The first kappa shape index (κ1) is 14.0. The third-order valence-electron chi connectivity index (χ3n) is 4.52. The predicted molar refractivity (Wildman–Crippen MR) is 90.0 cm³/mol. The molecule has 0 aromatic carbocycles. The van der Waals surface area contributed by atoms with Crippen LogP contribution < -0.4 is 10.9 Å². The van der Waals surface area contributed by atoms with E-state index in [4.69, 9.17) is 0 Å². The SMILES string of the molecule is Cn1cnc2c(=O)n(-c3ccc(NC4CCCC4)nc3)ccc21. The van der Waals surface area contributed by atoms with E-state index >= 15 is 0 Å². The molecule has 23 heavy (non-hydrogen) atoms. The van der Waals surface area contributed by atoms with Crippen LogP contribution in [0.25, 0.3) is 16.7 Å². The average Bonchev–Trinajstić information content (AvgIpc) is 3.20. The van der Waals surface area contributed by atoms with Crippen LogP contribution in [0.3, 0.4) is 0 Å². The van der Waals surface area contributed by atoms with E-state index in [1.807, 2.05) is 29.8 Å². The zero-order valence-corrected chi connectivity index (χ0v) is 13.1. The number of hydrogen-bond acceptors (Lipinski definition) is 4. The minimum absolute atomic E-state index is 0.124. The van der Waals surface area contributed by atoms with Crippen molar-refractivity contribution in [3.8, 4) is 5.69 Å². The maximum absolute atomic E-state index is 12.5. The fourth-order valence-corrected chi connectivity index (χ4v) is 3.22. The maximum atomic E-state index is 12.5. The number of nitrogens with zero attached hydrogens (tertiary/aromatic N) is 4. The van der Waals surface area contributed by atoms with Gasteiger partial charge in [-0.15, -0.1) is 0 Å². The van der Waals surface area contributed by atoms with E-state index in [1.54, 1.807) is 23.3 Å². The molecule has 4 rings (SSSR count). The van der Waals surface area contributed by atoms with Gasteiger partial charge >= 0.3 is 0 Å². The van der Waals surface area contributed by atoms with Crippen molar-refractivity contribution >= 4 is 16.9 Å². The number of pyridine rings is 2. The Labute approximate surface area is 133 Å². The summed E-state index contributed by atoms with van der Waals surface area (Å²) in [7, 11) is 1.88. The maximum Gasteiger partial charge on any atom is 0.283 e. The number of aryl methyl sites for hydroxylation is 1. The van der Waals surface area contributed by atoms with Crippen molar-refractivity contribution in [2.45, 2.75) is 31.7 Å². The molecule has 3 heterocycles. The molecule has 0 amide bonds. The summed E-state index contributed by atoms with van der Waals surface area (Å²) >= 11 is 0. The molecule has 1 saturated carbocycles. The molecule has 1 aliphatic rings. The van der Waals surface area contributed by atoms with Crippen molar-refractivity contribution in [2.24, 2.45) is 7.05 Å². The Bertz CT molecular complexity index is 887. The van der Waals surface area contributed by atoms with E-state index in [-0.39, 0.29) is 5.56 Å². The molecule has 1 fully saturated rings. The molecule has 6 heteroatoms. The van der Waals surface area contributed by atoms with Gasteiger partial charge in [0.2, 0.25) is 0 Å². The van der Waals surface area contributed by atoms with Crippen LogP contribution in [0.5, 0.6) is 0 Å². The Hall–Kier alpha value is -2.63. The molecule has 0 atom stereocenters. The van der Waals surface area contributed by atoms with Gasteiger partial charge in [-0.05, 0) is 31.0 Å². The zero-order chi connectivity index (χ0) is 15.8. The van der Waals surface area contributed by atoms with E-state index in [1.165, 1.54) is 25.7 Å². The molecule has 0 bridgehead atoms. The fourth-order valence-electron chi connectivity index (χ4n) is 3.22. The summed E-state index contributed by atoms with van der Waals surface area (Å²) in [6.45, 7) is 0. The first-order valence-electron chi connectivity index (χ1n) is 7.98. The lowest BCUT2D eigenvalue weighted by molar-refractivity contribution is 0.750. The molecule has 0 aliphatic heterocycles. The monoisotopic (exact) mass is 309 g/mol. The Morgan fingerprint density at radius 1 is 1.17 bits per heavy atom. The standard InChI is InChI=1S/C17H19N5O/c1-21-11-19-16-14(21)8-9-22(17(16)23)13-6-7-15(18-10-13)20-12-4-2-3-5-12/h6-12H,2-5H2,1H3,(H,18,20). The van der Waals surface area contributed by atoms with Crippen LogP contribution in [0.4, 0.5) is 5.82 Å². The molecule has 0 unspecified atom stereocenters. The summed E-state index contributed by atoms with van der Waals surface area (Å²) in [5, 5.41) is 3.45. The first-order chi connectivity index (χ1) is 11.2. The van der Waals surface area contributed by atoms with E-state index < -0.39 is 0 Å². The smallest absolute Gasteiger partial charge is 0.283 e. The topological polar surface area (TPSA) is 64.7 Å². The summed E-state index contributed by atoms with van der Waals surface area (Å²) in [5.41, 5.74) is 1.93. The summed E-state index contributed by atoms with van der Waals surface area (Å²) in [6, 6.07) is 6.28. The van der Waals surface area contributed by atoms with Gasteiger partial charge in [0.05, 0.1) is 23.7 Å². The summed E-state index contributed by atoms with van der Waals surface area (Å²) in [6.07, 6.45) is 10.1. The van der Waals surface area contributed by atoms with Crippen molar-refractivity contribution in [2.75, 3.05) is 5.32 Å². The Morgan fingerprint density at radius 3 is 2.74 bits per heavy atom. The second-order valence-corrected chi connectivity index (χ2v) is 6.11. The lowest BCUT2D eigenvalue weighted by Crippen LogP contribution is -2.19. The van der Waals surface area contributed by atoms with Crippen LogP contribution in [-0.4, -0.2) is 25.1 Å². The van der Waals surface area contributed by atoms with Crippen LogP contribution in [0.1, 0.15) is 25.7 Å². The van der Waals surface area contributed by atoms with Gasteiger partial charge < -0.3 is 9.88 Å². The Morgan fingerprint density at radius 2 is 2.00 bits per heavy atom. The third kappa shape index (κ3) is 2.50. The van der Waals surface area contributed by atoms with E-state index in [9.17, 15) is 4.79 Å². The van der Waals surface area contributed by atoms with Gasteiger partial charge in [0.1, 0.15) is 5.82 Å². The highest BCUT2D eigenvalue weighted by Gasteiger charge is 2.15. The summed E-state index contributed by atoms with van der Waals surface area (Å²) < 4.78 is 3.43. The van der Waals surface area contributed by atoms with E-state index in [0.717, 1.165) is 17.0 Å². The number of anilines is 1. The Balaban J connectivity index is 1.65. The van der Waals surface area contributed by atoms with Crippen molar-refractivity contribution < 1.29 is 0 Å². The molecule has 0 radical (unpaired) electrons.